The van der Waals surface area contributed by atoms with E-state index in [2.05, 4.69) is 25.9 Å². The second kappa shape index (κ2) is 14.1. The number of aliphatic imine (C=N–C) groups is 1. The Bertz CT molecular complexity index is 295. The molecular formula is C17H38N2O3Si. The average molecular weight is 347 g/mol. The molecule has 0 N–H and O–H groups in total. The lowest BCUT2D eigenvalue weighted by Crippen LogP contribution is -2.46. The van der Waals surface area contributed by atoms with Crippen LogP contribution >= 0.6 is 0 Å². The standard InChI is InChI=1S/C17H38N2O3Si/c1-7-17(13-11-15-19(5)6)18-14-12-16-23(20-8-2,21-9-3)22-10-4/h7-16H2,1-6H3. The van der Waals surface area contributed by atoms with Crippen molar-refractivity contribution in [3.63, 3.8) is 0 Å². The largest absolute Gasteiger partial charge is 0.500 e. The van der Waals surface area contributed by atoms with Crippen LogP contribution in [0.3, 0.4) is 0 Å². The van der Waals surface area contributed by atoms with Gasteiger partial charge in [-0.2, -0.15) is 0 Å². The summed E-state index contributed by atoms with van der Waals surface area (Å²) < 4.78 is 17.6. The first-order valence-electron chi connectivity index (χ1n) is 9.12. The van der Waals surface area contributed by atoms with Gasteiger partial charge in [0.1, 0.15) is 0 Å². The molecule has 0 aromatic heterocycles. The summed E-state index contributed by atoms with van der Waals surface area (Å²) >= 11 is 0. The molecule has 0 heterocycles. The maximum absolute atomic E-state index is 5.88. The van der Waals surface area contributed by atoms with Gasteiger partial charge >= 0.3 is 8.80 Å². The van der Waals surface area contributed by atoms with E-state index in [1.54, 1.807) is 0 Å². The third-order valence-electron chi connectivity index (χ3n) is 3.55. The van der Waals surface area contributed by atoms with Gasteiger partial charge in [-0.15, -0.1) is 0 Å². The van der Waals surface area contributed by atoms with Crippen molar-refractivity contribution in [2.45, 2.75) is 59.4 Å². The van der Waals surface area contributed by atoms with Crippen LogP contribution in [0.15, 0.2) is 4.99 Å². The third kappa shape index (κ3) is 11.0. The molecule has 0 saturated carbocycles. The molecule has 0 fully saturated rings. The summed E-state index contributed by atoms with van der Waals surface area (Å²) in [7, 11) is 1.73. The smallest absolute Gasteiger partial charge is 0.374 e. The molecule has 0 aliphatic rings. The van der Waals surface area contributed by atoms with Crippen LogP contribution in [0.25, 0.3) is 0 Å². The first-order chi connectivity index (χ1) is 11.0. The highest BCUT2D eigenvalue weighted by molar-refractivity contribution is 6.60. The van der Waals surface area contributed by atoms with Crippen LogP contribution < -0.4 is 0 Å². The fourth-order valence-corrected chi connectivity index (χ4v) is 5.09. The molecule has 0 aromatic carbocycles. The molecule has 0 spiro atoms. The molecule has 5 nitrogen and oxygen atoms in total. The Labute approximate surface area is 144 Å². The van der Waals surface area contributed by atoms with Crippen molar-refractivity contribution in [3.8, 4) is 0 Å². The molecule has 0 radical (unpaired) electrons. The number of rotatable bonds is 15. The van der Waals surface area contributed by atoms with E-state index >= 15 is 0 Å². The van der Waals surface area contributed by atoms with E-state index in [9.17, 15) is 0 Å². The fourth-order valence-electron chi connectivity index (χ4n) is 2.50. The van der Waals surface area contributed by atoms with Crippen molar-refractivity contribution in [1.82, 2.24) is 4.90 Å². The van der Waals surface area contributed by atoms with Crippen LogP contribution in [-0.2, 0) is 13.3 Å². The predicted molar refractivity (Wildman–Crippen MR) is 100 cm³/mol. The first kappa shape index (κ1) is 22.7. The Morgan fingerprint density at radius 1 is 0.913 bits per heavy atom. The van der Waals surface area contributed by atoms with Crippen LogP contribution in [-0.4, -0.2) is 66.4 Å². The molecule has 0 rings (SSSR count). The van der Waals surface area contributed by atoms with Gasteiger partial charge in [0.2, 0.25) is 0 Å². The Hall–Kier alpha value is -0.273. The van der Waals surface area contributed by atoms with Crippen molar-refractivity contribution in [3.05, 3.63) is 0 Å². The van der Waals surface area contributed by atoms with Crippen LogP contribution in [0.2, 0.25) is 6.04 Å². The molecule has 0 aromatic rings. The molecular weight excluding hydrogens is 308 g/mol. The zero-order chi connectivity index (χ0) is 17.6. The summed E-state index contributed by atoms with van der Waals surface area (Å²) in [5.41, 5.74) is 1.32. The number of hydrogen-bond donors (Lipinski definition) is 0. The normalized spacial score (nSPS) is 13.1. The van der Waals surface area contributed by atoms with Gasteiger partial charge in [0, 0.05) is 38.1 Å². The van der Waals surface area contributed by atoms with Gasteiger partial charge in [-0.05, 0) is 67.1 Å². The van der Waals surface area contributed by atoms with Crippen LogP contribution in [0.1, 0.15) is 53.4 Å². The minimum Gasteiger partial charge on any atom is -0.374 e. The highest BCUT2D eigenvalue weighted by Crippen LogP contribution is 2.18. The molecule has 138 valence electrons. The molecule has 0 amide bonds. The molecule has 0 saturated heterocycles. The van der Waals surface area contributed by atoms with E-state index in [0.717, 1.165) is 38.4 Å². The Morgan fingerprint density at radius 2 is 1.48 bits per heavy atom. The molecule has 0 aliphatic heterocycles. The van der Waals surface area contributed by atoms with Gasteiger partial charge < -0.3 is 18.2 Å². The van der Waals surface area contributed by atoms with E-state index in [1.165, 1.54) is 12.1 Å². The molecule has 0 atom stereocenters. The topological polar surface area (TPSA) is 43.3 Å². The van der Waals surface area contributed by atoms with E-state index in [4.69, 9.17) is 18.3 Å². The van der Waals surface area contributed by atoms with Gasteiger partial charge in [-0.1, -0.05) is 6.92 Å². The van der Waals surface area contributed by atoms with Crippen LogP contribution in [0.5, 0.6) is 0 Å². The molecule has 0 bridgehead atoms. The van der Waals surface area contributed by atoms with Gasteiger partial charge in [0.25, 0.3) is 0 Å². The maximum atomic E-state index is 5.88. The second-order valence-electron chi connectivity index (χ2n) is 5.79. The summed E-state index contributed by atoms with van der Waals surface area (Å²) in [6.45, 7) is 12.1. The van der Waals surface area contributed by atoms with Gasteiger partial charge in [-0.3, -0.25) is 4.99 Å². The fraction of sp³-hybridized carbons (Fsp3) is 0.941. The Morgan fingerprint density at radius 3 is 1.91 bits per heavy atom. The molecule has 6 heteroatoms. The molecule has 0 unspecified atom stereocenters. The Balaban J connectivity index is 4.35. The maximum Gasteiger partial charge on any atom is 0.500 e. The minimum atomic E-state index is -2.49. The van der Waals surface area contributed by atoms with E-state index < -0.39 is 8.80 Å². The van der Waals surface area contributed by atoms with Crippen molar-refractivity contribution in [2.24, 2.45) is 4.99 Å². The van der Waals surface area contributed by atoms with Gasteiger partial charge in [0.15, 0.2) is 0 Å². The van der Waals surface area contributed by atoms with Crippen molar-refractivity contribution in [2.75, 3.05) is 47.0 Å². The van der Waals surface area contributed by atoms with E-state index in [1.807, 2.05) is 20.8 Å². The lowest BCUT2D eigenvalue weighted by molar-refractivity contribution is 0.0710. The zero-order valence-electron chi connectivity index (χ0n) is 16.2. The highest BCUT2D eigenvalue weighted by Gasteiger charge is 2.39. The van der Waals surface area contributed by atoms with Crippen molar-refractivity contribution < 1.29 is 13.3 Å². The van der Waals surface area contributed by atoms with Crippen molar-refractivity contribution >= 4 is 14.5 Å². The summed E-state index contributed by atoms with van der Waals surface area (Å²) in [5.74, 6) is 0. The minimum absolute atomic E-state index is 0.639. The summed E-state index contributed by atoms with van der Waals surface area (Å²) in [6, 6.07) is 0.848. The zero-order valence-corrected chi connectivity index (χ0v) is 17.2. The summed E-state index contributed by atoms with van der Waals surface area (Å²) in [4.78, 5) is 7.00. The summed E-state index contributed by atoms with van der Waals surface area (Å²) in [5, 5.41) is 0. The quantitative estimate of drug-likeness (QED) is 0.258. The third-order valence-corrected chi connectivity index (χ3v) is 6.70. The van der Waals surface area contributed by atoms with Gasteiger partial charge in [0.05, 0.1) is 0 Å². The van der Waals surface area contributed by atoms with Crippen LogP contribution in [0.4, 0.5) is 0 Å². The van der Waals surface area contributed by atoms with E-state index in [-0.39, 0.29) is 0 Å². The van der Waals surface area contributed by atoms with Crippen molar-refractivity contribution in [1.29, 1.82) is 0 Å². The monoisotopic (exact) mass is 346 g/mol. The molecule has 23 heavy (non-hydrogen) atoms. The van der Waals surface area contributed by atoms with Crippen LogP contribution in [0, 0.1) is 0 Å². The first-order valence-corrected chi connectivity index (χ1v) is 11.0. The lowest BCUT2D eigenvalue weighted by atomic mass is 10.1. The predicted octanol–water partition coefficient (Wildman–Crippen LogP) is 3.62. The highest BCUT2D eigenvalue weighted by atomic mass is 28.4. The van der Waals surface area contributed by atoms with Gasteiger partial charge in [-0.25, -0.2) is 0 Å². The Kier molecular flexibility index (Phi) is 13.9. The number of hydrogen-bond acceptors (Lipinski definition) is 5. The second-order valence-corrected chi connectivity index (χ2v) is 8.53. The summed E-state index contributed by atoms with van der Waals surface area (Å²) in [6.07, 6.45) is 4.27. The number of nitrogens with zero attached hydrogens (tertiary/aromatic N) is 2. The average Bonchev–Trinajstić information content (AvgIpc) is 2.50. The molecule has 0 aliphatic carbocycles. The lowest BCUT2D eigenvalue weighted by Gasteiger charge is -2.28. The SMILES string of the molecule is CCO[Si](CCCN=C(CC)CCCN(C)C)(OCC)OCC. The van der Waals surface area contributed by atoms with E-state index in [0.29, 0.717) is 19.8 Å².